The van der Waals surface area contributed by atoms with Gasteiger partial charge in [0.1, 0.15) is 0 Å². The lowest BCUT2D eigenvalue weighted by Gasteiger charge is -2.38. The van der Waals surface area contributed by atoms with Gasteiger partial charge in [-0.05, 0) is 68.4 Å². The minimum Gasteiger partial charge on any atom is -0.378 e. The zero-order valence-electron chi connectivity index (χ0n) is 18.0. The Kier molecular flexibility index (Phi) is 8.79. The number of carbonyl (C=O) groups is 1. The molecule has 31 heavy (non-hydrogen) atoms. The van der Waals surface area contributed by atoms with Gasteiger partial charge in [-0.25, -0.2) is 4.79 Å². The van der Waals surface area contributed by atoms with Crippen LogP contribution in [-0.2, 0) is 4.18 Å². The summed E-state index contributed by atoms with van der Waals surface area (Å²) in [4.78, 5) is 15.3. The quantitative estimate of drug-likeness (QED) is 0.509. The summed E-state index contributed by atoms with van der Waals surface area (Å²) in [6.07, 6.45) is 10.2. The third-order valence-corrected chi connectivity index (χ3v) is 6.32. The summed E-state index contributed by atoms with van der Waals surface area (Å²) in [5, 5.41) is 7.91. The first kappa shape index (κ1) is 23.2. The molecule has 0 saturated carbocycles. The van der Waals surface area contributed by atoms with E-state index in [1.54, 1.807) is 17.1 Å². The highest BCUT2D eigenvalue weighted by molar-refractivity contribution is 7.75. The van der Waals surface area contributed by atoms with Crippen LogP contribution in [0.4, 0.5) is 4.79 Å². The third kappa shape index (κ3) is 6.48. The van der Waals surface area contributed by atoms with E-state index in [0.717, 1.165) is 34.4 Å². The van der Waals surface area contributed by atoms with Crippen molar-refractivity contribution in [1.29, 1.82) is 0 Å². The Bertz CT molecular complexity index is 862. The summed E-state index contributed by atoms with van der Waals surface area (Å²) < 4.78 is 4.35. The number of rotatable bonds is 2. The van der Waals surface area contributed by atoms with Crippen molar-refractivity contribution in [3.63, 3.8) is 0 Å². The molecule has 3 fully saturated rings. The first-order valence-corrected chi connectivity index (χ1v) is 11.2. The molecule has 2 aromatic rings. The van der Waals surface area contributed by atoms with Gasteiger partial charge in [0.2, 0.25) is 0 Å². The van der Waals surface area contributed by atoms with E-state index < -0.39 is 6.09 Å². The van der Waals surface area contributed by atoms with Gasteiger partial charge in [-0.3, -0.25) is 5.10 Å². The Hall–Kier alpha value is -2.51. The molecule has 3 saturated heterocycles. The second kappa shape index (κ2) is 11.8. The van der Waals surface area contributed by atoms with Crippen LogP contribution in [-0.4, -0.2) is 58.8 Å². The van der Waals surface area contributed by atoms with Crippen LogP contribution in [0.2, 0.25) is 0 Å². The highest BCUT2D eigenvalue weighted by atomic mass is 32.1. The normalized spacial score (nSPS) is 22.0. The molecule has 1 aromatic heterocycles. The minimum atomic E-state index is -0.421. The first-order valence-electron chi connectivity index (χ1n) is 10.8. The number of thiol groups is 1. The highest BCUT2D eigenvalue weighted by Gasteiger charge is 2.24. The summed E-state index contributed by atoms with van der Waals surface area (Å²) >= 11 is 3.48. The Morgan fingerprint density at radius 2 is 1.77 bits per heavy atom. The molecule has 0 unspecified atom stereocenters. The van der Waals surface area contributed by atoms with E-state index in [-0.39, 0.29) is 0 Å². The molecule has 5 heterocycles. The lowest BCUT2D eigenvalue weighted by molar-refractivity contribution is 0.111. The van der Waals surface area contributed by atoms with Crippen LogP contribution in [0.25, 0.3) is 10.9 Å². The van der Waals surface area contributed by atoms with Gasteiger partial charge in [-0.1, -0.05) is 43.5 Å². The van der Waals surface area contributed by atoms with Gasteiger partial charge in [0.25, 0.3) is 0 Å². The average molecular weight is 441 g/mol. The molecule has 1 amide bonds. The second-order valence-corrected chi connectivity index (χ2v) is 8.20. The number of piperidine rings is 3. The molecule has 0 radical (unpaired) electrons. The summed E-state index contributed by atoms with van der Waals surface area (Å²) in [6.45, 7) is 12.8. The van der Waals surface area contributed by atoms with Gasteiger partial charge in [-0.15, -0.1) is 0 Å². The number of carbonyl (C=O) groups excluding carboxylic acids is 1. The molecule has 0 atom stereocenters. The number of fused-ring (bicyclic) bond motifs is 4. The fraction of sp³-hybridized carbons (Fsp3) is 0.417. The lowest BCUT2D eigenvalue weighted by atomic mass is 9.89. The number of benzene rings is 1. The van der Waals surface area contributed by atoms with Crippen molar-refractivity contribution in [2.45, 2.75) is 25.7 Å². The largest absolute Gasteiger partial charge is 0.422 e. The van der Waals surface area contributed by atoms with Crippen LogP contribution in [0.3, 0.4) is 0 Å². The fourth-order valence-corrected chi connectivity index (χ4v) is 4.31. The highest BCUT2D eigenvalue weighted by Crippen LogP contribution is 2.26. The Morgan fingerprint density at radius 3 is 2.29 bits per heavy atom. The zero-order chi connectivity index (χ0) is 22.1. The standard InChI is InChI=1S/C10H13NO2S.C7H6N2.C7H13N/c1-3-8-5-6-11(10(12)13-14)7-9(8)4-2;1-2-4-7-6(3-1)5-8-9-7;1-4-8-5-2-7(1)3-6-8/h3-4,14H,1-2,5-7H2;1-5H,(H,8,9);7H,1-6H2. The predicted octanol–water partition coefficient (Wildman–Crippen LogP) is 5.01. The first-order chi connectivity index (χ1) is 15.1. The molecule has 7 heteroatoms. The summed E-state index contributed by atoms with van der Waals surface area (Å²) in [5.41, 5.74) is 3.26. The predicted molar refractivity (Wildman–Crippen MR) is 129 cm³/mol. The summed E-state index contributed by atoms with van der Waals surface area (Å²) in [6, 6.07) is 8.01. The number of allylic oxidation sites excluding steroid dienone is 1. The molecule has 0 spiro atoms. The third-order valence-electron chi connectivity index (χ3n) is 6.16. The molecule has 166 valence electrons. The maximum Gasteiger partial charge on any atom is 0.422 e. The van der Waals surface area contributed by atoms with E-state index in [0.29, 0.717) is 13.1 Å². The molecule has 6 rings (SSSR count). The second-order valence-electron chi connectivity index (χ2n) is 8.02. The van der Waals surface area contributed by atoms with Crippen molar-refractivity contribution in [3.05, 3.63) is 66.9 Å². The number of hydrogen-bond donors (Lipinski definition) is 2. The van der Waals surface area contributed by atoms with Gasteiger partial charge in [0, 0.05) is 31.4 Å². The fourth-order valence-electron chi connectivity index (χ4n) is 4.19. The van der Waals surface area contributed by atoms with Crippen LogP contribution < -0.4 is 0 Å². The average Bonchev–Trinajstić information content (AvgIpc) is 3.34. The van der Waals surface area contributed by atoms with Crippen molar-refractivity contribution in [1.82, 2.24) is 20.0 Å². The van der Waals surface area contributed by atoms with E-state index in [4.69, 9.17) is 0 Å². The van der Waals surface area contributed by atoms with Crippen LogP contribution in [0.1, 0.15) is 25.7 Å². The van der Waals surface area contributed by atoms with Gasteiger partial charge < -0.3 is 14.0 Å². The number of hydrogen-bond acceptors (Lipinski definition) is 5. The number of amides is 1. The number of aromatic amines is 1. The van der Waals surface area contributed by atoms with Gasteiger partial charge in [-0.2, -0.15) is 5.10 Å². The van der Waals surface area contributed by atoms with E-state index >= 15 is 0 Å². The Labute approximate surface area is 190 Å². The van der Waals surface area contributed by atoms with Crippen molar-refractivity contribution in [2.75, 3.05) is 32.7 Å². The minimum absolute atomic E-state index is 0.421. The van der Waals surface area contributed by atoms with Crippen molar-refractivity contribution >= 4 is 29.9 Å². The molecule has 4 aliphatic heterocycles. The van der Waals surface area contributed by atoms with E-state index in [2.05, 4.69) is 45.3 Å². The number of aromatic nitrogens is 2. The van der Waals surface area contributed by atoms with E-state index in [9.17, 15) is 4.79 Å². The van der Waals surface area contributed by atoms with Gasteiger partial charge in [0.05, 0.1) is 11.7 Å². The number of H-pyrrole nitrogens is 1. The summed E-state index contributed by atoms with van der Waals surface area (Å²) in [7, 11) is 0. The van der Waals surface area contributed by atoms with Crippen LogP contribution in [0, 0.1) is 5.92 Å². The molecule has 1 aromatic carbocycles. The molecular weight excluding hydrogens is 408 g/mol. The molecule has 2 bridgehead atoms. The Morgan fingerprint density at radius 1 is 1.10 bits per heavy atom. The lowest BCUT2D eigenvalue weighted by Crippen LogP contribution is -2.41. The molecule has 6 nitrogen and oxygen atoms in total. The number of nitrogens with zero attached hydrogens (tertiary/aromatic N) is 3. The number of para-hydroxylation sites is 1. The Balaban J connectivity index is 0.000000138. The van der Waals surface area contributed by atoms with Crippen molar-refractivity contribution in [3.8, 4) is 0 Å². The molecule has 0 aliphatic carbocycles. The van der Waals surface area contributed by atoms with Crippen molar-refractivity contribution < 1.29 is 8.98 Å². The maximum absolute atomic E-state index is 11.2. The molecule has 4 aliphatic rings. The van der Waals surface area contributed by atoms with Crippen LogP contribution in [0.15, 0.2) is 66.9 Å². The molecular formula is C24H32N4O2S. The van der Waals surface area contributed by atoms with Crippen molar-refractivity contribution in [2.24, 2.45) is 5.92 Å². The monoisotopic (exact) mass is 440 g/mol. The van der Waals surface area contributed by atoms with Crippen LogP contribution in [0.5, 0.6) is 0 Å². The SMILES string of the molecule is C1CN2CCC1CC2.C=CC1=C(C=C)CN(C(=O)OS)CC1.c1ccc2[nH]ncc2c1. The molecule has 1 N–H and O–H groups in total. The van der Waals surface area contributed by atoms with E-state index in [1.165, 1.54) is 38.9 Å². The topological polar surface area (TPSA) is 61.5 Å². The van der Waals surface area contributed by atoms with Gasteiger partial charge >= 0.3 is 6.09 Å². The zero-order valence-corrected chi connectivity index (χ0v) is 18.9. The number of nitrogens with one attached hydrogen (secondary N) is 1. The summed E-state index contributed by atoms with van der Waals surface area (Å²) in [5.74, 6) is 1.11. The maximum atomic E-state index is 11.2. The van der Waals surface area contributed by atoms with Gasteiger partial charge in [0.15, 0.2) is 0 Å². The van der Waals surface area contributed by atoms with E-state index in [1.807, 2.05) is 30.5 Å². The smallest absolute Gasteiger partial charge is 0.378 e. The van der Waals surface area contributed by atoms with Crippen LogP contribution >= 0.6 is 12.9 Å².